The lowest BCUT2D eigenvalue weighted by atomic mass is 9.99. The predicted molar refractivity (Wildman–Crippen MR) is 87.2 cm³/mol. The molecule has 2 rings (SSSR count). The highest BCUT2D eigenvalue weighted by Gasteiger charge is 2.10. The molecule has 0 radical (unpaired) electrons. The molecular formula is C17H19NO2S. The number of nitrogens with two attached hydrogens (primary N) is 1. The van der Waals surface area contributed by atoms with Gasteiger partial charge in [0, 0.05) is 16.6 Å². The van der Waals surface area contributed by atoms with Gasteiger partial charge in [0.05, 0.1) is 0 Å². The molecule has 2 N–H and O–H groups in total. The summed E-state index contributed by atoms with van der Waals surface area (Å²) in [6.07, 6.45) is 1.00. The number of hydrogen-bond acceptors (Lipinski definition) is 2. The second kappa shape index (κ2) is 7.18. The van der Waals surface area contributed by atoms with Gasteiger partial charge in [0.15, 0.2) is 0 Å². The van der Waals surface area contributed by atoms with Gasteiger partial charge in [-0.1, -0.05) is 55.5 Å². The van der Waals surface area contributed by atoms with Gasteiger partial charge in [-0.05, 0) is 28.7 Å². The zero-order valence-electron chi connectivity index (χ0n) is 12.0. The SMILES string of the molecule is CCc1ccc(-c2ccccc2C[S@@](=O)CC(N)=O)cc1. The Morgan fingerprint density at radius 2 is 1.76 bits per heavy atom. The van der Waals surface area contributed by atoms with Gasteiger partial charge >= 0.3 is 0 Å². The maximum absolute atomic E-state index is 11.9. The fourth-order valence-electron chi connectivity index (χ4n) is 2.23. The van der Waals surface area contributed by atoms with E-state index in [1.165, 1.54) is 5.56 Å². The van der Waals surface area contributed by atoms with Gasteiger partial charge in [0.25, 0.3) is 0 Å². The highest BCUT2D eigenvalue weighted by Crippen LogP contribution is 2.25. The van der Waals surface area contributed by atoms with Crippen molar-refractivity contribution in [3.8, 4) is 11.1 Å². The van der Waals surface area contributed by atoms with Crippen LogP contribution in [0.1, 0.15) is 18.1 Å². The molecule has 0 aromatic heterocycles. The Hall–Kier alpha value is -1.94. The van der Waals surface area contributed by atoms with E-state index < -0.39 is 16.7 Å². The Labute approximate surface area is 127 Å². The largest absolute Gasteiger partial charge is 0.369 e. The third-order valence-corrected chi connectivity index (χ3v) is 4.55. The molecule has 0 bridgehead atoms. The van der Waals surface area contributed by atoms with Crippen LogP contribution in [0.25, 0.3) is 11.1 Å². The van der Waals surface area contributed by atoms with Crippen LogP contribution in [0, 0.1) is 0 Å². The number of carbonyl (C=O) groups is 1. The van der Waals surface area contributed by atoms with Crippen molar-refractivity contribution in [3.63, 3.8) is 0 Å². The smallest absolute Gasteiger partial charge is 0.230 e. The molecule has 0 aliphatic carbocycles. The molecule has 0 aliphatic heterocycles. The normalized spacial score (nSPS) is 12.0. The van der Waals surface area contributed by atoms with Crippen molar-refractivity contribution in [2.24, 2.45) is 5.73 Å². The number of carbonyl (C=O) groups excluding carboxylic acids is 1. The van der Waals surface area contributed by atoms with Crippen molar-refractivity contribution in [1.29, 1.82) is 0 Å². The Balaban J connectivity index is 2.27. The van der Waals surface area contributed by atoms with E-state index in [0.29, 0.717) is 5.75 Å². The Morgan fingerprint density at radius 3 is 2.38 bits per heavy atom. The van der Waals surface area contributed by atoms with E-state index in [2.05, 4.69) is 31.2 Å². The molecule has 21 heavy (non-hydrogen) atoms. The minimum absolute atomic E-state index is 0.0941. The lowest BCUT2D eigenvalue weighted by molar-refractivity contribution is -0.115. The monoisotopic (exact) mass is 301 g/mol. The predicted octanol–water partition coefficient (Wildman–Crippen LogP) is 2.65. The first-order valence-electron chi connectivity index (χ1n) is 6.90. The quantitative estimate of drug-likeness (QED) is 0.891. The molecular weight excluding hydrogens is 282 g/mol. The van der Waals surface area contributed by atoms with Gasteiger partial charge in [0.2, 0.25) is 5.91 Å². The highest BCUT2D eigenvalue weighted by atomic mass is 32.2. The summed E-state index contributed by atoms with van der Waals surface area (Å²) >= 11 is 0. The van der Waals surface area contributed by atoms with Crippen LogP contribution < -0.4 is 5.73 Å². The van der Waals surface area contributed by atoms with E-state index in [1.54, 1.807) is 0 Å². The van der Waals surface area contributed by atoms with E-state index in [4.69, 9.17) is 5.73 Å². The molecule has 2 aromatic rings. The number of amides is 1. The third-order valence-electron chi connectivity index (χ3n) is 3.31. The summed E-state index contributed by atoms with van der Waals surface area (Å²) in [5.74, 6) is -0.282. The van der Waals surface area contributed by atoms with Crippen molar-refractivity contribution < 1.29 is 9.00 Å². The second-order valence-electron chi connectivity index (χ2n) is 4.90. The van der Waals surface area contributed by atoms with Gasteiger partial charge in [0.1, 0.15) is 5.75 Å². The molecule has 110 valence electrons. The molecule has 4 heteroatoms. The molecule has 0 fully saturated rings. The van der Waals surface area contributed by atoms with Crippen LogP contribution in [0.15, 0.2) is 48.5 Å². The number of aryl methyl sites for hydroxylation is 1. The molecule has 2 aromatic carbocycles. The average Bonchev–Trinajstić information content (AvgIpc) is 2.47. The summed E-state index contributed by atoms with van der Waals surface area (Å²) in [4.78, 5) is 10.9. The van der Waals surface area contributed by atoms with Crippen LogP contribution in [-0.2, 0) is 27.8 Å². The van der Waals surface area contributed by atoms with Crippen LogP contribution in [0.2, 0.25) is 0 Å². The highest BCUT2D eigenvalue weighted by molar-refractivity contribution is 7.84. The summed E-state index contributed by atoms with van der Waals surface area (Å²) in [7, 11) is -1.27. The van der Waals surface area contributed by atoms with Crippen LogP contribution in [0.3, 0.4) is 0 Å². The summed E-state index contributed by atoms with van der Waals surface area (Å²) in [6, 6.07) is 16.2. The van der Waals surface area contributed by atoms with E-state index in [1.807, 2.05) is 24.3 Å². The van der Waals surface area contributed by atoms with Crippen molar-refractivity contribution in [2.45, 2.75) is 19.1 Å². The van der Waals surface area contributed by atoms with Crippen LogP contribution >= 0.6 is 0 Å². The van der Waals surface area contributed by atoms with E-state index in [9.17, 15) is 9.00 Å². The average molecular weight is 301 g/mol. The maximum atomic E-state index is 11.9. The number of rotatable bonds is 6. The summed E-state index contributed by atoms with van der Waals surface area (Å²) in [6.45, 7) is 2.12. The lowest BCUT2D eigenvalue weighted by Gasteiger charge is -2.10. The summed E-state index contributed by atoms with van der Waals surface area (Å²) in [5, 5.41) is 0. The Morgan fingerprint density at radius 1 is 1.10 bits per heavy atom. The van der Waals surface area contributed by atoms with Crippen molar-refractivity contribution in [2.75, 3.05) is 5.75 Å². The van der Waals surface area contributed by atoms with Crippen LogP contribution in [0.5, 0.6) is 0 Å². The summed E-state index contributed by atoms with van der Waals surface area (Å²) in [5.41, 5.74) is 9.51. The maximum Gasteiger partial charge on any atom is 0.230 e. The van der Waals surface area contributed by atoms with E-state index in [-0.39, 0.29) is 5.75 Å². The standard InChI is InChI=1S/C17H19NO2S/c1-2-13-7-9-14(10-8-13)16-6-4-3-5-15(16)11-21(20)12-17(18)19/h3-10H,2,11-12H2,1H3,(H2,18,19)/t21-/m1/s1. The van der Waals surface area contributed by atoms with Gasteiger partial charge in [-0.25, -0.2) is 0 Å². The Kier molecular flexibility index (Phi) is 5.28. The molecule has 0 aliphatic rings. The zero-order chi connectivity index (χ0) is 15.2. The van der Waals surface area contributed by atoms with Gasteiger partial charge < -0.3 is 5.73 Å². The van der Waals surface area contributed by atoms with Crippen LogP contribution in [-0.4, -0.2) is 15.9 Å². The molecule has 1 atom stereocenters. The molecule has 0 unspecified atom stereocenters. The first-order valence-corrected chi connectivity index (χ1v) is 8.39. The van der Waals surface area contributed by atoms with Gasteiger partial charge in [-0.15, -0.1) is 0 Å². The minimum Gasteiger partial charge on any atom is -0.369 e. The third kappa shape index (κ3) is 4.26. The fourth-order valence-corrected chi connectivity index (χ4v) is 3.25. The van der Waals surface area contributed by atoms with Crippen molar-refractivity contribution >= 4 is 16.7 Å². The number of primary amides is 1. The van der Waals surface area contributed by atoms with Gasteiger partial charge in [-0.3, -0.25) is 9.00 Å². The Bertz CT molecular complexity index is 650. The molecule has 3 nitrogen and oxygen atoms in total. The topological polar surface area (TPSA) is 60.2 Å². The van der Waals surface area contributed by atoms with Crippen molar-refractivity contribution in [3.05, 3.63) is 59.7 Å². The van der Waals surface area contributed by atoms with Crippen LogP contribution in [0.4, 0.5) is 0 Å². The zero-order valence-corrected chi connectivity index (χ0v) is 12.9. The lowest BCUT2D eigenvalue weighted by Crippen LogP contribution is -2.20. The molecule has 1 amide bonds. The van der Waals surface area contributed by atoms with E-state index >= 15 is 0 Å². The molecule has 0 saturated carbocycles. The van der Waals surface area contributed by atoms with Crippen molar-refractivity contribution in [1.82, 2.24) is 0 Å². The number of benzene rings is 2. The number of hydrogen-bond donors (Lipinski definition) is 1. The second-order valence-corrected chi connectivity index (χ2v) is 6.36. The first kappa shape index (κ1) is 15.4. The molecule has 0 spiro atoms. The minimum atomic E-state index is -1.27. The van der Waals surface area contributed by atoms with E-state index in [0.717, 1.165) is 23.1 Å². The molecule has 0 heterocycles. The summed E-state index contributed by atoms with van der Waals surface area (Å²) < 4.78 is 11.9. The first-order chi connectivity index (χ1) is 10.1. The van der Waals surface area contributed by atoms with Gasteiger partial charge in [-0.2, -0.15) is 0 Å². The molecule has 0 saturated heterocycles. The fraction of sp³-hybridized carbons (Fsp3) is 0.235.